The van der Waals surface area contributed by atoms with Crippen molar-refractivity contribution in [2.45, 2.75) is 90.7 Å². The number of rotatable bonds is 5. The van der Waals surface area contributed by atoms with Gasteiger partial charge in [0.1, 0.15) is 23.2 Å². The second kappa shape index (κ2) is 8.53. The molecule has 0 aromatic heterocycles. The summed E-state index contributed by atoms with van der Waals surface area (Å²) in [6.45, 7) is 8.33. The molecule has 1 aromatic carbocycles. The number of hydrogen-bond donors (Lipinski definition) is 0. The standard InChI is InChI=1S/C28H38FNO4/c1-17-8-21(25(31)30-7-5-6-23(30)26(32)34-27(2,3)4)22(29)12-24(17)33-16-28-13-18-9-19(14-28)11-20(10-18)15-28/h8,12,18-20,23H,5-7,9-11,13-16H2,1-4H3. The minimum absolute atomic E-state index is 0.00452. The van der Waals surface area contributed by atoms with Gasteiger partial charge in [0.15, 0.2) is 0 Å². The van der Waals surface area contributed by atoms with Crippen molar-refractivity contribution in [1.82, 2.24) is 4.90 Å². The lowest BCUT2D eigenvalue weighted by molar-refractivity contribution is -0.159. The Kier molecular flexibility index (Phi) is 5.92. The lowest BCUT2D eigenvalue weighted by Crippen LogP contribution is -2.48. The molecule has 4 bridgehead atoms. The van der Waals surface area contributed by atoms with Gasteiger partial charge in [-0.2, -0.15) is 0 Å². The average Bonchev–Trinajstić information content (AvgIpc) is 3.21. The Morgan fingerprint density at radius 3 is 2.29 bits per heavy atom. The zero-order chi connectivity index (χ0) is 24.3. The number of nitrogens with zero attached hydrogens (tertiary/aromatic N) is 1. The Balaban J connectivity index is 1.28. The van der Waals surface area contributed by atoms with Gasteiger partial charge in [0.2, 0.25) is 0 Å². The maximum Gasteiger partial charge on any atom is 0.329 e. The van der Waals surface area contributed by atoms with Gasteiger partial charge in [-0.1, -0.05) is 0 Å². The van der Waals surface area contributed by atoms with E-state index < -0.39 is 29.3 Å². The first-order valence-corrected chi connectivity index (χ1v) is 13.0. The van der Waals surface area contributed by atoms with Crippen LogP contribution in [0.15, 0.2) is 12.1 Å². The fourth-order valence-corrected chi connectivity index (χ4v) is 7.46. The van der Waals surface area contributed by atoms with Gasteiger partial charge < -0.3 is 14.4 Å². The van der Waals surface area contributed by atoms with Gasteiger partial charge in [0, 0.05) is 18.0 Å². The first-order chi connectivity index (χ1) is 16.0. The Labute approximate surface area is 202 Å². The molecule has 0 radical (unpaired) electrons. The molecule has 1 unspecified atom stereocenters. The zero-order valence-corrected chi connectivity index (χ0v) is 21.0. The van der Waals surface area contributed by atoms with Crippen LogP contribution < -0.4 is 4.74 Å². The van der Waals surface area contributed by atoms with Crippen LogP contribution >= 0.6 is 0 Å². The van der Waals surface area contributed by atoms with Gasteiger partial charge in [0.25, 0.3) is 5.91 Å². The molecular formula is C28H38FNO4. The van der Waals surface area contributed by atoms with E-state index in [9.17, 15) is 9.59 Å². The Morgan fingerprint density at radius 2 is 1.71 bits per heavy atom. The van der Waals surface area contributed by atoms with E-state index in [4.69, 9.17) is 9.47 Å². The third-order valence-corrected chi connectivity index (χ3v) is 8.39. The predicted molar refractivity (Wildman–Crippen MR) is 127 cm³/mol. The van der Waals surface area contributed by atoms with Crippen molar-refractivity contribution >= 4 is 11.9 Å². The van der Waals surface area contributed by atoms with Crippen LogP contribution in [-0.2, 0) is 9.53 Å². The number of hydrogen-bond acceptors (Lipinski definition) is 4. The molecular weight excluding hydrogens is 433 g/mol. The van der Waals surface area contributed by atoms with Crippen molar-refractivity contribution in [1.29, 1.82) is 0 Å². The number of ether oxygens (including phenoxy) is 2. The third-order valence-electron chi connectivity index (χ3n) is 8.39. The number of amides is 1. The van der Waals surface area contributed by atoms with E-state index in [-0.39, 0.29) is 11.0 Å². The molecule has 1 amide bonds. The van der Waals surface area contributed by atoms with Gasteiger partial charge in [-0.05, 0) is 108 Å². The maximum atomic E-state index is 15.2. The third kappa shape index (κ3) is 4.57. The normalized spacial score (nSPS) is 32.2. The molecule has 0 spiro atoms. The van der Waals surface area contributed by atoms with Gasteiger partial charge >= 0.3 is 5.97 Å². The van der Waals surface area contributed by atoms with E-state index in [2.05, 4.69) is 0 Å². The minimum Gasteiger partial charge on any atom is -0.493 e. The Hall–Kier alpha value is -2.11. The molecule has 1 aromatic rings. The van der Waals surface area contributed by atoms with Crippen molar-refractivity contribution in [2.75, 3.05) is 13.2 Å². The Morgan fingerprint density at radius 1 is 1.09 bits per heavy atom. The predicted octanol–water partition coefficient (Wildman–Crippen LogP) is 5.68. The van der Waals surface area contributed by atoms with E-state index in [1.807, 2.05) is 6.92 Å². The number of esters is 1. The summed E-state index contributed by atoms with van der Waals surface area (Å²) in [6.07, 6.45) is 9.07. The highest BCUT2D eigenvalue weighted by Crippen LogP contribution is 2.60. The number of halogens is 1. The highest BCUT2D eigenvalue weighted by Gasteiger charge is 2.51. The summed E-state index contributed by atoms with van der Waals surface area (Å²) in [4.78, 5) is 27.3. The summed E-state index contributed by atoms with van der Waals surface area (Å²) in [5.41, 5.74) is 0.353. The van der Waals surface area contributed by atoms with Crippen LogP contribution in [0.5, 0.6) is 5.75 Å². The van der Waals surface area contributed by atoms with Crippen LogP contribution in [0.3, 0.4) is 0 Å². The minimum atomic E-state index is -0.668. The summed E-state index contributed by atoms with van der Waals surface area (Å²) in [5, 5.41) is 0. The van der Waals surface area contributed by atoms with E-state index in [1.165, 1.54) is 49.5 Å². The number of likely N-dealkylation sites (tertiary alicyclic amines) is 1. The van der Waals surface area contributed by atoms with Gasteiger partial charge in [-0.15, -0.1) is 0 Å². The van der Waals surface area contributed by atoms with Crippen LogP contribution in [0.1, 0.15) is 88.1 Å². The van der Waals surface area contributed by atoms with E-state index in [0.717, 1.165) is 23.3 Å². The second-order valence-electron chi connectivity index (χ2n) is 12.5. The maximum absolute atomic E-state index is 15.2. The van der Waals surface area contributed by atoms with E-state index in [1.54, 1.807) is 26.8 Å². The summed E-state index contributed by atoms with van der Waals surface area (Å²) in [5.74, 6) is 1.57. The second-order valence-corrected chi connectivity index (χ2v) is 12.5. The largest absolute Gasteiger partial charge is 0.493 e. The molecule has 4 saturated carbocycles. The summed E-state index contributed by atoms with van der Waals surface area (Å²) in [6, 6.07) is 2.28. The van der Waals surface area contributed by atoms with Crippen molar-refractivity contribution in [2.24, 2.45) is 23.2 Å². The highest BCUT2D eigenvalue weighted by molar-refractivity contribution is 5.97. The van der Waals surface area contributed by atoms with Crippen LogP contribution in [0.25, 0.3) is 0 Å². The van der Waals surface area contributed by atoms with Crippen LogP contribution in [0.4, 0.5) is 4.39 Å². The van der Waals surface area contributed by atoms with Crippen molar-refractivity contribution < 1.29 is 23.5 Å². The number of benzene rings is 1. The molecule has 34 heavy (non-hydrogen) atoms. The smallest absolute Gasteiger partial charge is 0.329 e. The van der Waals surface area contributed by atoms with Crippen LogP contribution in [0.2, 0.25) is 0 Å². The zero-order valence-electron chi connectivity index (χ0n) is 21.0. The molecule has 6 rings (SSSR count). The molecule has 5 nitrogen and oxygen atoms in total. The molecule has 4 aliphatic carbocycles. The number of carbonyl (C=O) groups excluding carboxylic acids is 2. The number of aryl methyl sites for hydroxylation is 1. The fourth-order valence-electron chi connectivity index (χ4n) is 7.46. The monoisotopic (exact) mass is 471 g/mol. The van der Waals surface area contributed by atoms with Crippen molar-refractivity contribution in [3.63, 3.8) is 0 Å². The van der Waals surface area contributed by atoms with Gasteiger partial charge in [-0.25, -0.2) is 9.18 Å². The SMILES string of the molecule is Cc1cc(C(=O)N2CCCC2C(=O)OC(C)(C)C)c(F)cc1OCC12CC3CC(CC(C3)C1)C2. The molecule has 186 valence electrons. The topological polar surface area (TPSA) is 55.8 Å². The lowest BCUT2D eigenvalue weighted by atomic mass is 9.50. The molecule has 0 N–H and O–H groups in total. The van der Waals surface area contributed by atoms with Crippen molar-refractivity contribution in [3.05, 3.63) is 29.1 Å². The molecule has 1 aliphatic heterocycles. The number of carbonyl (C=O) groups is 2. The van der Waals surface area contributed by atoms with Crippen LogP contribution in [-0.4, -0.2) is 41.6 Å². The molecule has 5 aliphatic rings. The summed E-state index contributed by atoms with van der Waals surface area (Å²) >= 11 is 0. The fraction of sp³-hybridized carbons (Fsp3) is 0.714. The van der Waals surface area contributed by atoms with Crippen LogP contribution in [0, 0.1) is 35.9 Å². The highest BCUT2D eigenvalue weighted by atomic mass is 19.1. The Bertz CT molecular complexity index is 946. The quantitative estimate of drug-likeness (QED) is 0.519. The molecule has 6 heteroatoms. The molecule has 1 atom stereocenters. The van der Waals surface area contributed by atoms with Gasteiger partial charge in [-0.3, -0.25) is 4.79 Å². The first kappa shape index (κ1) is 23.6. The van der Waals surface area contributed by atoms with E-state index >= 15 is 4.39 Å². The van der Waals surface area contributed by atoms with E-state index in [0.29, 0.717) is 31.7 Å². The summed E-state index contributed by atoms with van der Waals surface area (Å²) in [7, 11) is 0. The summed E-state index contributed by atoms with van der Waals surface area (Å²) < 4.78 is 26.9. The van der Waals surface area contributed by atoms with Crippen molar-refractivity contribution in [3.8, 4) is 5.75 Å². The lowest BCUT2D eigenvalue weighted by Gasteiger charge is -2.56. The average molecular weight is 472 g/mol. The molecule has 1 saturated heterocycles. The van der Waals surface area contributed by atoms with Gasteiger partial charge in [0.05, 0.1) is 12.2 Å². The molecule has 1 heterocycles. The first-order valence-electron chi connectivity index (χ1n) is 13.0. The molecule has 5 fully saturated rings.